The van der Waals surface area contributed by atoms with E-state index in [-0.39, 0.29) is 0 Å². The third-order valence-electron chi connectivity index (χ3n) is 2.73. The Balaban J connectivity index is 2.37. The maximum absolute atomic E-state index is 10.9. The number of carboxylic acid groups (broad SMARTS) is 1. The second-order valence-electron chi connectivity index (χ2n) is 4.16. The summed E-state index contributed by atoms with van der Waals surface area (Å²) in [6.07, 6.45) is -1.11. The Morgan fingerprint density at radius 2 is 2.16 bits per heavy atom. The molecular weight excluding hydrogens is 246 g/mol. The number of hydrogen-bond acceptors (Lipinski definition) is 3. The molecule has 0 aliphatic carbocycles. The van der Waals surface area contributed by atoms with E-state index < -0.39 is 12.1 Å². The molecule has 0 saturated carbocycles. The fourth-order valence-corrected chi connectivity index (χ4v) is 1.89. The lowest BCUT2D eigenvalue weighted by atomic mass is 10.0. The van der Waals surface area contributed by atoms with Crippen molar-refractivity contribution in [3.63, 3.8) is 0 Å². The van der Waals surface area contributed by atoms with Crippen LogP contribution in [0.15, 0.2) is 40.8 Å². The number of methoxy groups -OCH3 is 1. The lowest BCUT2D eigenvalue weighted by molar-refractivity contribution is 0.189. The van der Waals surface area contributed by atoms with Crippen LogP contribution in [0.25, 0.3) is 0 Å². The molecule has 19 heavy (non-hydrogen) atoms. The highest BCUT2D eigenvalue weighted by molar-refractivity contribution is 5.66. The van der Waals surface area contributed by atoms with E-state index in [4.69, 9.17) is 14.3 Å². The average Bonchev–Trinajstić information content (AvgIpc) is 2.84. The molecule has 0 aliphatic rings. The van der Waals surface area contributed by atoms with Gasteiger partial charge in [-0.05, 0) is 18.6 Å². The first kappa shape index (κ1) is 13.0. The van der Waals surface area contributed by atoms with Crippen LogP contribution in [0.1, 0.15) is 22.9 Å². The van der Waals surface area contributed by atoms with Gasteiger partial charge in [-0.25, -0.2) is 4.79 Å². The molecule has 0 saturated heterocycles. The van der Waals surface area contributed by atoms with Gasteiger partial charge in [-0.2, -0.15) is 0 Å². The molecule has 1 aromatic carbocycles. The number of ether oxygens (including phenoxy) is 1. The number of hydrogen-bond donors (Lipinski definition) is 2. The number of carbonyl (C=O) groups is 1. The Kier molecular flexibility index (Phi) is 3.75. The van der Waals surface area contributed by atoms with Crippen molar-refractivity contribution >= 4 is 6.09 Å². The maximum Gasteiger partial charge on any atom is 0.405 e. The van der Waals surface area contributed by atoms with Gasteiger partial charge in [0.05, 0.1) is 7.11 Å². The maximum atomic E-state index is 10.9. The van der Waals surface area contributed by atoms with E-state index >= 15 is 0 Å². The minimum atomic E-state index is -1.11. The van der Waals surface area contributed by atoms with Gasteiger partial charge in [0.1, 0.15) is 11.8 Å². The first-order valence-corrected chi connectivity index (χ1v) is 5.80. The molecule has 1 heterocycles. The van der Waals surface area contributed by atoms with Crippen molar-refractivity contribution in [2.24, 2.45) is 0 Å². The Bertz CT molecular complexity index is 576. The molecule has 5 nitrogen and oxygen atoms in total. The first-order chi connectivity index (χ1) is 9.10. The lowest BCUT2D eigenvalue weighted by Gasteiger charge is -2.15. The van der Waals surface area contributed by atoms with Crippen LogP contribution in [-0.2, 0) is 0 Å². The van der Waals surface area contributed by atoms with Crippen molar-refractivity contribution in [2.75, 3.05) is 7.11 Å². The predicted molar refractivity (Wildman–Crippen MR) is 69.4 cm³/mol. The number of benzene rings is 1. The molecule has 2 rings (SSSR count). The largest absolute Gasteiger partial charge is 0.468 e. The smallest absolute Gasteiger partial charge is 0.405 e. The second-order valence-corrected chi connectivity index (χ2v) is 4.16. The summed E-state index contributed by atoms with van der Waals surface area (Å²) in [5, 5.41) is 11.4. The number of rotatable bonds is 4. The van der Waals surface area contributed by atoms with Gasteiger partial charge in [0.2, 0.25) is 0 Å². The highest BCUT2D eigenvalue weighted by atomic mass is 16.6. The van der Waals surface area contributed by atoms with E-state index in [1.165, 1.54) is 7.11 Å². The van der Waals surface area contributed by atoms with Crippen LogP contribution in [0, 0.1) is 6.92 Å². The molecule has 5 heteroatoms. The van der Waals surface area contributed by atoms with Crippen molar-refractivity contribution in [3.8, 4) is 5.95 Å². The summed E-state index contributed by atoms with van der Waals surface area (Å²) in [7, 11) is 1.49. The molecule has 100 valence electrons. The fourth-order valence-electron chi connectivity index (χ4n) is 1.89. The Labute approximate surface area is 110 Å². The topological polar surface area (TPSA) is 71.7 Å². The molecule has 2 N–H and O–H groups in total. The van der Waals surface area contributed by atoms with Gasteiger partial charge in [-0.3, -0.25) is 0 Å². The van der Waals surface area contributed by atoms with Crippen molar-refractivity contribution in [2.45, 2.75) is 13.0 Å². The van der Waals surface area contributed by atoms with E-state index in [2.05, 4.69) is 5.32 Å². The number of nitrogens with one attached hydrogen (secondary N) is 1. The molecule has 0 fully saturated rings. The van der Waals surface area contributed by atoms with Gasteiger partial charge in [-0.15, -0.1) is 0 Å². The Morgan fingerprint density at radius 1 is 1.37 bits per heavy atom. The average molecular weight is 261 g/mol. The summed E-state index contributed by atoms with van der Waals surface area (Å²) in [6.45, 7) is 1.95. The zero-order chi connectivity index (χ0) is 13.8. The summed E-state index contributed by atoms with van der Waals surface area (Å²) in [5.74, 6) is 0.838. The number of furan rings is 1. The fraction of sp³-hybridized carbons (Fsp3) is 0.214. The van der Waals surface area contributed by atoms with Gasteiger partial charge >= 0.3 is 6.09 Å². The third kappa shape index (κ3) is 3.07. The van der Waals surface area contributed by atoms with E-state index in [0.717, 1.165) is 11.1 Å². The summed E-state index contributed by atoms with van der Waals surface area (Å²) in [4.78, 5) is 10.9. The van der Waals surface area contributed by atoms with Crippen molar-refractivity contribution in [1.29, 1.82) is 0 Å². The molecule has 0 bridgehead atoms. The third-order valence-corrected chi connectivity index (χ3v) is 2.73. The molecule has 0 aliphatic heterocycles. The normalized spacial score (nSPS) is 11.9. The van der Waals surface area contributed by atoms with Crippen LogP contribution in [-0.4, -0.2) is 18.3 Å². The van der Waals surface area contributed by atoms with E-state index in [9.17, 15) is 4.79 Å². The molecule has 1 amide bonds. The van der Waals surface area contributed by atoms with Gasteiger partial charge in [0.25, 0.3) is 5.95 Å². The molecular formula is C14H15NO4. The Hall–Kier alpha value is -2.43. The summed E-state index contributed by atoms with van der Waals surface area (Å²) < 4.78 is 10.4. The van der Waals surface area contributed by atoms with Crippen LogP contribution in [0.2, 0.25) is 0 Å². The zero-order valence-electron chi connectivity index (χ0n) is 10.7. The van der Waals surface area contributed by atoms with Gasteiger partial charge in [-0.1, -0.05) is 29.8 Å². The number of amides is 1. The lowest BCUT2D eigenvalue weighted by Crippen LogP contribution is -2.27. The summed E-state index contributed by atoms with van der Waals surface area (Å²) in [5.41, 5.74) is 1.87. The van der Waals surface area contributed by atoms with Gasteiger partial charge < -0.3 is 19.6 Å². The van der Waals surface area contributed by atoms with Gasteiger partial charge in [0, 0.05) is 6.07 Å². The van der Waals surface area contributed by atoms with Crippen LogP contribution in [0.3, 0.4) is 0 Å². The SMILES string of the molecule is COc1ccc(C(NC(=O)O)c2cccc(C)c2)o1. The first-order valence-electron chi connectivity index (χ1n) is 5.80. The van der Waals surface area contributed by atoms with Crippen LogP contribution < -0.4 is 10.1 Å². The zero-order valence-corrected chi connectivity index (χ0v) is 10.7. The summed E-state index contributed by atoms with van der Waals surface area (Å²) in [6, 6.07) is 10.4. The highest BCUT2D eigenvalue weighted by Gasteiger charge is 2.20. The van der Waals surface area contributed by atoms with Crippen LogP contribution in [0.5, 0.6) is 5.95 Å². The highest BCUT2D eigenvalue weighted by Crippen LogP contribution is 2.27. The summed E-state index contributed by atoms with van der Waals surface area (Å²) >= 11 is 0. The van der Waals surface area contributed by atoms with E-state index in [0.29, 0.717) is 11.7 Å². The van der Waals surface area contributed by atoms with Crippen LogP contribution in [0.4, 0.5) is 4.79 Å². The molecule has 1 aromatic heterocycles. The molecule has 0 radical (unpaired) electrons. The van der Waals surface area contributed by atoms with E-state index in [1.807, 2.05) is 31.2 Å². The standard InChI is InChI=1S/C14H15NO4/c1-9-4-3-5-10(8-9)13(15-14(16)17)11-6-7-12(18-2)19-11/h3-8,13,15H,1-2H3,(H,16,17). The monoisotopic (exact) mass is 261 g/mol. The minimum Gasteiger partial charge on any atom is -0.468 e. The van der Waals surface area contributed by atoms with Gasteiger partial charge in [0.15, 0.2) is 0 Å². The molecule has 1 atom stereocenters. The van der Waals surface area contributed by atoms with Crippen molar-refractivity contribution < 1.29 is 19.1 Å². The second kappa shape index (κ2) is 5.48. The quantitative estimate of drug-likeness (QED) is 0.887. The molecule has 2 aromatic rings. The minimum absolute atomic E-state index is 0.347. The number of aryl methyl sites for hydroxylation is 1. The van der Waals surface area contributed by atoms with Crippen molar-refractivity contribution in [1.82, 2.24) is 5.32 Å². The van der Waals surface area contributed by atoms with E-state index in [1.54, 1.807) is 12.1 Å². The van der Waals surface area contributed by atoms with Crippen molar-refractivity contribution in [3.05, 3.63) is 53.3 Å². The predicted octanol–water partition coefficient (Wildman–Crippen LogP) is 2.95. The molecule has 0 spiro atoms. The molecule has 1 unspecified atom stereocenters. The Morgan fingerprint density at radius 3 is 2.74 bits per heavy atom. The van der Waals surface area contributed by atoms with Crippen LogP contribution >= 0.6 is 0 Å².